The lowest BCUT2D eigenvalue weighted by Gasteiger charge is -2.31. The van der Waals surface area contributed by atoms with E-state index >= 15 is 0 Å². The Bertz CT molecular complexity index is 611. The van der Waals surface area contributed by atoms with Crippen LogP contribution in [0.2, 0.25) is 0 Å². The summed E-state index contributed by atoms with van der Waals surface area (Å²) >= 11 is 0. The first-order chi connectivity index (χ1) is 11.5. The van der Waals surface area contributed by atoms with Gasteiger partial charge in [0.25, 0.3) is 0 Å². The maximum atomic E-state index is 12.7. The molecule has 1 fully saturated rings. The predicted octanol–water partition coefficient (Wildman–Crippen LogP) is 3.90. The number of carbonyl (C=O) groups is 1. The number of carbonyl (C=O) groups excluding carboxylic acids is 1. The van der Waals surface area contributed by atoms with Gasteiger partial charge in [0.15, 0.2) is 0 Å². The van der Waals surface area contributed by atoms with Gasteiger partial charge in [0.05, 0.1) is 13.2 Å². The molecule has 1 amide bonds. The molecule has 0 radical (unpaired) electrons. The maximum absolute atomic E-state index is 12.7. The number of piperidine rings is 1. The number of hydrogen-bond donors (Lipinski definition) is 0. The second-order valence-electron chi connectivity index (χ2n) is 7.07. The summed E-state index contributed by atoms with van der Waals surface area (Å²) in [6, 6.07) is 8.52. The van der Waals surface area contributed by atoms with Crippen LogP contribution in [0.3, 0.4) is 0 Å². The van der Waals surface area contributed by atoms with Gasteiger partial charge in [-0.25, -0.2) is 0 Å². The molecule has 0 saturated carbocycles. The van der Waals surface area contributed by atoms with Crippen molar-refractivity contribution in [3.63, 3.8) is 0 Å². The van der Waals surface area contributed by atoms with Crippen molar-refractivity contribution in [3.8, 4) is 11.8 Å². The lowest BCUT2D eigenvalue weighted by molar-refractivity contribution is -0.133. The van der Waals surface area contributed by atoms with Crippen LogP contribution in [0.25, 0.3) is 0 Å². The van der Waals surface area contributed by atoms with E-state index in [9.17, 15) is 4.79 Å². The Labute approximate surface area is 145 Å². The average molecular weight is 328 g/mol. The Morgan fingerprint density at radius 2 is 2.04 bits per heavy atom. The number of hydrogen-bond acceptors (Lipinski definition) is 3. The van der Waals surface area contributed by atoms with E-state index in [2.05, 4.69) is 32.0 Å². The van der Waals surface area contributed by atoms with Gasteiger partial charge in [-0.3, -0.25) is 4.79 Å². The minimum atomic E-state index is 0.110. The molecule has 0 spiro atoms. The summed E-state index contributed by atoms with van der Waals surface area (Å²) in [5.41, 5.74) is 2.30. The van der Waals surface area contributed by atoms with Crippen LogP contribution >= 0.6 is 0 Å². The number of amides is 1. The molecule has 1 heterocycles. The first-order valence-corrected chi connectivity index (χ1v) is 8.78. The zero-order valence-electron chi connectivity index (χ0n) is 15.2. The summed E-state index contributed by atoms with van der Waals surface area (Å²) in [7, 11) is 1.68. The zero-order chi connectivity index (χ0) is 17.7. The van der Waals surface area contributed by atoms with Gasteiger partial charge in [-0.1, -0.05) is 26.0 Å². The summed E-state index contributed by atoms with van der Waals surface area (Å²) in [4.78, 5) is 14.6. The molecule has 1 aliphatic rings. The van der Waals surface area contributed by atoms with Gasteiger partial charge in [0.1, 0.15) is 5.75 Å². The summed E-state index contributed by atoms with van der Waals surface area (Å²) in [5.74, 6) is 1.79. The third-order valence-electron chi connectivity index (χ3n) is 5.08. The van der Waals surface area contributed by atoms with Crippen molar-refractivity contribution >= 4 is 5.91 Å². The molecule has 0 bridgehead atoms. The Kier molecular flexibility index (Phi) is 6.25. The highest BCUT2D eigenvalue weighted by Gasteiger charge is 2.26. The monoisotopic (exact) mass is 328 g/mol. The van der Waals surface area contributed by atoms with Crippen molar-refractivity contribution in [3.05, 3.63) is 29.3 Å². The number of ether oxygens (including phenoxy) is 1. The quantitative estimate of drug-likeness (QED) is 0.824. The van der Waals surface area contributed by atoms with Crippen molar-refractivity contribution in [1.82, 2.24) is 4.90 Å². The topological polar surface area (TPSA) is 53.3 Å². The fraction of sp³-hybridized carbons (Fsp3) is 0.600. The zero-order valence-corrected chi connectivity index (χ0v) is 15.2. The third-order valence-corrected chi connectivity index (χ3v) is 5.08. The maximum Gasteiger partial charge on any atom is 0.223 e. The number of aryl methyl sites for hydroxylation is 1. The molecule has 1 aromatic carbocycles. The predicted molar refractivity (Wildman–Crippen MR) is 94.8 cm³/mol. The van der Waals surface area contributed by atoms with Crippen molar-refractivity contribution in [2.24, 2.45) is 11.8 Å². The second-order valence-corrected chi connectivity index (χ2v) is 7.07. The van der Waals surface area contributed by atoms with Crippen LogP contribution < -0.4 is 4.74 Å². The molecule has 0 aliphatic carbocycles. The van der Waals surface area contributed by atoms with E-state index in [-0.39, 0.29) is 17.7 Å². The molecule has 4 nitrogen and oxygen atoms in total. The first kappa shape index (κ1) is 18.3. The number of methoxy groups -OCH3 is 1. The van der Waals surface area contributed by atoms with Gasteiger partial charge in [0.2, 0.25) is 5.91 Å². The Morgan fingerprint density at radius 1 is 1.38 bits per heavy atom. The Morgan fingerprint density at radius 3 is 2.54 bits per heavy atom. The number of nitrogens with zero attached hydrogens (tertiary/aromatic N) is 2. The molecule has 1 aromatic rings. The van der Waals surface area contributed by atoms with E-state index in [0.29, 0.717) is 25.4 Å². The summed E-state index contributed by atoms with van der Waals surface area (Å²) in [6.45, 7) is 7.79. The molecule has 0 N–H and O–H groups in total. The summed E-state index contributed by atoms with van der Waals surface area (Å²) in [6.07, 6.45) is 2.13. The number of rotatable bonds is 5. The van der Waals surface area contributed by atoms with E-state index in [1.165, 1.54) is 5.56 Å². The van der Waals surface area contributed by atoms with Crippen LogP contribution in [-0.2, 0) is 4.79 Å². The molecule has 1 atom stereocenters. The van der Waals surface area contributed by atoms with E-state index < -0.39 is 0 Å². The largest absolute Gasteiger partial charge is 0.496 e. The van der Waals surface area contributed by atoms with Crippen molar-refractivity contribution < 1.29 is 9.53 Å². The standard InChI is InChI=1S/C20H28N2O2/c1-14(2)18(17-5-6-19(24-4)15(3)11-17)12-20(23)22-9-7-16(13-21)8-10-22/h5-6,11,14,16,18H,7-10,12H2,1-4H3. The smallest absolute Gasteiger partial charge is 0.223 e. The molecule has 2 rings (SSSR count). The number of likely N-dealkylation sites (tertiary alicyclic amines) is 1. The van der Waals surface area contributed by atoms with Crippen molar-refractivity contribution in [2.45, 2.75) is 46.0 Å². The van der Waals surface area contributed by atoms with Gasteiger partial charge in [0, 0.05) is 25.4 Å². The molecule has 130 valence electrons. The van der Waals surface area contributed by atoms with E-state index in [0.717, 1.165) is 24.2 Å². The van der Waals surface area contributed by atoms with E-state index in [1.807, 2.05) is 17.9 Å². The highest BCUT2D eigenvalue weighted by atomic mass is 16.5. The Hall–Kier alpha value is -2.02. The lowest BCUT2D eigenvalue weighted by Crippen LogP contribution is -2.39. The number of benzene rings is 1. The van der Waals surface area contributed by atoms with Crippen molar-refractivity contribution in [2.75, 3.05) is 20.2 Å². The van der Waals surface area contributed by atoms with Crippen LogP contribution in [0.4, 0.5) is 0 Å². The lowest BCUT2D eigenvalue weighted by atomic mass is 9.84. The fourth-order valence-electron chi connectivity index (χ4n) is 3.45. The second kappa shape index (κ2) is 8.19. The highest BCUT2D eigenvalue weighted by Crippen LogP contribution is 2.32. The van der Waals surface area contributed by atoms with E-state index in [1.54, 1.807) is 7.11 Å². The Balaban J connectivity index is 2.07. The summed E-state index contributed by atoms with van der Waals surface area (Å²) in [5, 5.41) is 8.99. The van der Waals surface area contributed by atoms with Gasteiger partial charge >= 0.3 is 0 Å². The van der Waals surface area contributed by atoms with Crippen LogP contribution in [-0.4, -0.2) is 31.0 Å². The molecule has 0 aromatic heterocycles. The molecule has 24 heavy (non-hydrogen) atoms. The van der Waals surface area contributed by atoms with Crippen LogP contribution in [0, 0.1) is 30.1 Å². The summed E-state index contributed by atoms with van der Waals surface area (Å²) < 4.78 is 5.34. The molecule has 1 saturated heterocycles. The minimum Gasteiger partial charge on any atom is -0.496 e. The van der Waals surface area contributed by atoms with E-state index in [4.69, 9.17) is 10.00 Å². The fourth-order valence-corrected chi connectivity index (χ4v) is 3.45. The highest BCUT2D eigenvalue weighted by molar-refractivity contribution is 5.77. The number of nitriles is 1. The first-order valence-electron chi connectivity index (χ1n) is 8.78. The SMILES string of the molecule is COc1ccc(C(CC(=O)N2CCC(C#N)CC2)C(C)C)cc1C. The molecule has 4 heteroatoms. The molecule has 1 aliphatic heterocycles. The van der Waals surface area contributed by atoms with Crippen LogP contribution in [0.1, 0.15) is 50.2 Å². The van der Waals surface area contributed by atoms with Crippen LogP contribution in [0.15, 0.2) is 18.2 Å². The normalized spacial score (nSPS) is 16.8. The third kappa shape index (κ3) is 4.29. The van der Waals surface area contributed by atoms with Crippen molar-refractivity contribution in [1.29, 1.82) is 5.26 Å². The molecule has 1 unspecified atom stereocenters. The molecular formula is C20H28N2O2. The van der Waals surface area contributed by atoms with Crippen LogP contribution in [0.5, 0.6) is 5.75 Å². The molecular weight excluding hydrogens is 300 g/mol. The van der Waals surface area contributed by atoms with Gasteiger partial charge in [-0.2, -0.15) is 5.26 Å². The van der Waals surface area contributed by atoms with Gasteiger partial charge in [-0.05, 0) is 48.8 Å². The van der Waals surface area contributed by atoms with Gasteiger partial charge < -0.3 is 9.64 Å². The van der Waals surface area contributed by atoms with Gasteiger partial charge in [-0.15, -0.1) is 0 Å². The minimum absolute atomic E-state index is 0.110. The average Bonchev–Trinajstić information content (AvgIpc) is 2.59.